The molecule has 8 heteroatoms. The number of nitrogens with zero attached hydrogens (tertiary/aromatic N) is 3. The molecule has 1 aliphatic carbocycles. The van der Waals surface area contributed by atoms with Crippen LogP contribution in [0.4, 0.5) is 0 Å². The van der Waals surface area contributed by atoms with Crippen LogP contribution < -0.4 is 0 Å². The fourth-order valence-electron chi connectivity index (χ4n) is 3.73. The third-order valence-corrected chi connectivity index (χ3v) is 7.45. The van der Waals surface area contributed by atoms with Gasteiger partial charge in [-0.05, 0) is 54.8 Å². The van der Waals surface area contributed by atoms with Crippen molar-refractivity contribution in [2.75, 3.05) is 39.4 Å². The largest absolute Gasteiger partial charge is 0.379 e. The number of allylic oxidation sites excluding steroid dienone is 4. The quantitative estimate of drug-likeness (QED) is 0.742. The maximum absolute atomic E-state index is 12.7. The normalized spacial score (nSPS) is 22.3. The Morgan fingerprint density at radius 1 is 1.00 bits per heavy atom. The fraction of sp³-hybridized carbons (Fsp3) is 0.409. The molecule has 2 aliphatic heterocycles. The molecule has 30 heavy (non-hydrogen) atoms. The van der Waals surface area contributed by atoms with Gasteiger partial charge in [0.15, 0.2) is 9.99 Å². The summed E-state index contributed by atoms with van der Waals surface area (Å²) >= 11 is 0. The number of carbonyl (C=O) groups excluding carboxylic acids is 1. The van der Waals surface area contributed by atoms with Crippen molar-refractivity contribution >= 4 is 26.5 Å². The molecule has 2 fully saturated rings. The monoisotopic (exact) mass is 429 g/mol. The minimum Gasteiger partial charge on any atom is -0.379 e. The maximum Gasteiger partial charge on any atom is 0.277 e. The smallest absolute Gasteiger partial charge is 0.277 e. The molecule has 0 bridgehead atoms. The molecule has 7 nitrogen and oxygen atoms in total. The first-order valence-corrected chi connectivity index (χ1v) is 11.8. The van der Waals surface area contributed by atoms with E-state index in [1.54, 1.807) is 40.7 Å². The third-order valence-electron chi connectivity index (χ3n) is 5.50. The topological polar surface area (TPSA) is 82.4 Å². The van der Waals surface area contributed by atoms with Crippen LogP contribution in [0.3, 0.4) is 0 Å². The van der Waals surface area contributed by atoms with Crippen molar-refractivity contribution in [3.05, 3.63) is 59.7 Å². The highest BCUT2D eigenvalue weighted by atomic mass is 32.2. The zero-order chi connectivity index (χ0) is 21.0. The summed E-state index contributed by atoms with van der Waals surface area (Å²) in [4.78, 5) is 19.3. The predicted molar refractivity (Wildman–Crippen MR) is 119 cm³/mol. The molecule has 160 valence electrons. The molecule has 0 radical (unpaired) electrons. The zero-order valence-electron chi connectivity index (χ0n) is 16.9. The molecule has 1 N–H and O–H groups in total. The van der Waals surface area contributed by atoms with E-state index in [4.69, 9.17) is 4.74 Å². The Kier molecular flexibility index (Phi) is 6.60. The Morgan fingerprint density at radius 2 is 1.63 bits per heavy atom. The number of ether oxygens (including phenoxy) is 1. The van der Waals surface area contributed by atoms with Gasteiger partial charge < -0.3 is 9.29 Å². The van der Waals surface area contributed by atoms with E-state index in [1.807, 2.05) is 12.1 Å². The van der Waals surface area contributed by atoms with Crippen LogP contribution in [-0.4, -0.2) is 73.8 Å². The molecule has 0 saturated carbocycles. The molecule has 1 amide bonds. The number of rotatable bonds is 4. The Labute approximate surface area is 177 Å². The molecular weight excluding hydrogens is 402 g/mol. The number of hydrogen-bond acceptors (Lipinski definition) is 4. The first kappa shape index (κ1) is 21.1. The molecule has 2 heterocycles. The van der Waals surface area contributed by atoms with Crippen molar-refractivity contribution < 1.29 is 18.3 Å². The molecule has 1 aromatic rings. The van der Waals surface area contributed by atoms with Crippen molar-refractivity contribution in [2.24, 2.45) is 4.99 Å². The Bertz CT molecular complexity index is 974. The Hall–Kier alpha value is -2.10. The van der Waals surface area contributed by atoms with E-state index in [1.165, 1.54) is 0 Å². The average Bonchev–Trinajstić information content (AvgIpc) is 3.31. The lowest BCUT2D eigenvalue weighted by molar-refractivity contribution is 0.0342. The zero-order valence-corrected chi connectivity index (χ0v) is 17.7. The van der Waals surface area contributed by atoms with Gasteiger partial charge in [-0.2, -0.15) is 0 Å². The van der Waals surface area contributed by atoms with Crippen LogP contribution in [-0.2, 0) is 21.3 Å². The number of aliphatic imine (C=N–C) groups is 1. The van der Waals surface area contributed by atoms with Gasteiger partial charge in [0.2, 0.25) is 0 Å². The second-order valence-corrected chi connectivity index (χ2v) is 9.61. The highest BCUT2D eigenvalue weighted by Crippen LogP contribution is 2.15. The Morgan fingerprint density at radius 3 is 2.27 bits per heavy atom. The highest BCUT2D eigenvalue weighted by molar-refractivity contribution is 7.95. The Balaban J connectivity index is 1.41. The summed E-state index contributed by atoms with van der Waals surface area (Å²) in [6, 6.07) is 7.50. The molecule has 0 aromatic heterocycles. The van der Waals surface area contributed by atoms with Gasteiger partial charge in [-0.15, -0.1) is 0 Å². The van der Waals surface area contributed by atoms with Crippen LogP contribution in [0.25, 0.3) is 0 Å². The van der Waals surface area contributed by atoms with Crippen molar-refractivity contribution in [2.45, 2.75) is 19.4 Å². The maximum atomic E-state index is 12.7. The van der Waals surface area contributed by atoms with Crippen LogP contribution in [0.1, 0.15) is 28.8 Å². The summed E-state index contributed by atoms with van der Waals surface area (Å²) in [5.41, 5.74) is 2.14. The molecule has 3 aliphatic rings. The van der Waals surface area contributed by atoms with E-state index in [0.29, 0.717) is 29.2 Å². The van der Waals surface area contributed by atoms with E-state index in [9.17, 15) is 13.6 Å². The van der Waals surface area contributed by atoms with Crippen LogP contribution in [0.15, 0.2) is 53.6 Å². The van der Waals surface area contributed by atoms with Gasteiger partial charge in [0.1, 0.15) is 0 Å². The van der Waals surface area contributed by atoms with Crippen molar-refractivity contribution in [1.29, 1.82) is 0 Å². The molecule has 1 aromatic carbocycles. The van der Waals surface area contributed by atoms with Gasteiger partial charge in [0.25, 0.3) is 5.91 Å². The summed E-state index contributed by atoms with van der Waals surface area (Å²) in [5, 5.41) is 0. The van der Waals surface area contributed by atoms with Crippen molar-refractivity contribution in [3.63, 3.8) is 0 Å². The average molecular weight is 430 g/mol. The minimum atomic E-state index is -3.21. The van der Waals surface area contributed by atoms with Crippen molar-refractivity contribution in [3.8, 4) is 0 Å². The fourth-order valence-corrected chi connectivity index (χ4v) is 5.28. The molecular formula is C22H27N3O4S. The molecule has 1 atom stereocenters. The SMILES string of the molecule is O=C(N=C1C=CC(=S(=O)(O)N2CCCC2)C=C1)c1ccc(CN2CCOCC2)cc1. The first-order valence-electron chi connectivity index (χ1n) is 10.3. The molecule has 2 saturated heterocycles. The van der Waals surface area contributed by atoms with Crippen LogP contribution >= 0.6 is 0 Å². The summed E-state index contributed by atoms with van der Waals surface area (Å²) in [5.74, 6) is -0.329. The van der Waals surface area contributed by atoms with Crippen LogP contribution in [0.2, 0.25) is 0 Å². The third kappa shape index (κ3) is 4.96. The minimum absolute atomic E-state index is 0.329. The van der Waals surface area contributed by atoms with E-state index < -0.39 is 9.99 Å². The standard InChI is InChI=1S/C22H27N3O4S/c26-22(19-5-3-18(4-6-19)17-24-13-15-29-16-14-24)23-20-7-9-21(10-8-20)30(27,28)25-11-1-2-12-25/h3-10H,1-2,11-17H2,(H,27,28). The van der Waals surface area contributed by atoms with Crippen LogP contribution in [0, 0.1) is 0 Å². The predicted octanol–water partition coefficient (Wildman–Crippen LogP) is 2.17. The number of carbonyl (C=O) groups is 1. The van der Waals surface area contributed by atoms with Gasteiger partial charge in [-0.3, -0.25) is 9.69 Å². The lowest BCUT2D eigenvalue weighted by atomic mass is 10.1. The summed E-state index contributed by atoms with van der Waals surface area (Å²) in [6.07, 6.45) is 8.27. The van der Waals surface area contributed by atoms with E-state index in [2.05, 4.69) is 9.89 Å². The summed E-state index contributed by atoms with van der Waals surface area (Å²) < 4.78 is 30.1. The first-order chi connectivity index (χ1) is 14.5. The second-order valence-electron chi connectivity index (χ2n) is 7.63. The van der Waals surface area contributed by atoms with Crippen molar-refractivity contribution in [1.82, 2.24) is 9.21 Å². The van der Waals surface area contributed by atoms with Gasteiger partial charge >= 0.3 is 0 Å². The molecule has 0 spiro atoms. The summed E-state index contributed by atoms with van der Waals surface area (Å²) in [6.45, 7) is 5.46. The van der Waals surface area contributed by atoms with E-state index in [0.717, 1.165) is 51.3 Å². The number of morpholine rings is 1. The van der Waals surface area contributed by atoms with Gasteiger partial charge in [-0.1, -0.05) is 12.1 Å². The highest BCUT2D eigenvalue weighted by Gasteiger charge is 2.23. The molecule has 1 unspecified atom stereocenters. The number of benzene rings is 1. The second kappa shape index (κ2) is 9.36. The lowest BCUT2D eigenvalue weighted by Gasteiger charge is -2.26. The summed E-state index contributed by atoms with van der Waals surface area (Å²) in [7, 11) is -3.21. The van der Waals surface area contributed by atoms with Gasteiger partial charge in [0, 0.05) is 38.3 Å². The number of hydrogen-bond donors (Lipinski definition) is 1. The van der Waals surface area contributed by atoms with E-state index in [-0.39, 0.29) is 5.91 Å². The van der Waals surface area contributed by atoms with Gasteiger partial charge in [0.05, 0.1) is 23.8 Å². The lowest BCUT2D eigenvalue weighted by Crippen LogP contribution is -2.35. The van der Waals surface area contributed by atoms with E-state index >= 15 is 0 Å². The molecule has 4 rings (SSSR count). The van der Waals surface area contributed by atoms with Crippen LogP contribution in [0.5, 0.6) is 0 Å². The number of amides is 1. The van der Waals surface area contributed by atoms with Gasteiger partial charge in [-0.25, -0.2) is 13.5 Å².